The number of pyridine rings is 1. The van der Waals surface area contributed by atoms with E-state index < -0.39 is 0 Å². The number of carbonyl (C=O) groups is 1. The van der Waals surface area contributed by atoms with E-state index in [0.717, 1.165) is 0 Å². The third-order valence-electron chi connectivity index (χ3n) is 3.28. The van der Waals surface area contributed by atoms with Gasteiger partial charge in [-0.2, -0.15) is 0 Å². The molecule has 0 aliphatic rings. The maximum absolute atomic E-state index is 11.3. The molecule has 25 heavy (non-hydrogen) atoms. The summed E-state index contributed by atoms with van der Waals surface area (Å²) in [6.07, 6.45) is 2.99. The zero-order chi connectivity index (χ0) is 17.1. The zero-order valence-corrected chi connectivity index (χ0v) is 13.6. The lowest BCUT2D eigenvalue weighted by atomic mass is 10.2. The molecule has 0 saturated heterocycles. The number of aromatic hydroxyl groups is 1. The molecule has 3 N–H and O–H groups in total. The lowest BCUT2D eigenvalue weighted by Crippen LogP contribution is -2.34. The zero-order valence-electron chi connectivity index (χ0n) is 13.6. The maximum atomic E-state index is 11.3. The fourth-order valence-electron chi connectivity index (χ4n) is 2.22. The molecule has 0 fully saturated rings. The van der Waals surface area contributed by atoms with Crippen molar-refractivity contribution >= 4 is 11.6 Å². The first kappa shape index (κ1) is 17.9. The molecule has 0 saturated carbocycles. The van der Waals surface area contributed by atoms with E-state index in [1.54, 1.807) is 30.3 Å². The molecule has 0 bridgehead atoms. The van der Waals surface area contributed by atoms with Gasteiger partial charge in [-0.3, -0.25) is 4.79 Å². The topological polar surface area (TPSA) is 123 Å². The second-order valence-electron chi connectivity index (χ2n) is 4.99. The highest BCUT2D eigenvalue weighted by Crippen LogP contribution is 2.18. The Labute approximate surface area is 143 Å². The molecule has 9 heteroatoms. The minimum atomic E-state index is -0.189. The van der Waals surface area contributed by atoms with Crippen LogP contribution in [0.1, 0.15) is 6.92 Å². The lowest BCUT2D eigenvalue weighted by molar-refractivity contribution is -0.660. The van der Waals surface area contributed by atoms with Crippen molar-refractivity contribution in [1.82, 2.24) is 14.9 Å². The minimum Gasteiger partial charge on any atom is -0.870 e. The molecule has 0 unspecified atom stereocenters. The number of carbonyl (C=O) groups excluding carboxylic acids is 1. The van der Waals surface area contributed by atoms with Gasteiger partial charge in [-0.1, -0.05) is 21.5 Å². The van der Waals surface area contributed by atoms with Crippen LogP contribution in [0.5, 0.6) is 11.8 Å². The molecule has 3 rings (SSSR count). The van der Waals surface area contributed by atoms with Crippen molar-refractivity contribution in [3.8, 4) is 23.1 Å². The monoisotopic (exact) mass is 343 g/mol. The quantitative estimate of drug-likeness (QED) is 0.682. The normalized spacial score (nSPS) is 10.0. The van der Waals surface area contributed by atoms with Gasteiger partial charge in [0, 0.05) is 13.0 Å². The Morgan fingerprint density at radius 2 is 2.04 bits per heavy atom. The van der Waals surface area contributed by atoms with Crippen LogP contribution in [0.25, 0.3) is 11.4 Å². The van der Waals surface area contributed by atoms with Gasteiger partial charge >= 0.3 is 5.88 Å². The van der Waals surface area contributed by atoms with Gasteiger partial charge in [-0.15, -0.1) is 0 Å². The Balaban J connectivity index is 0.00000225. The summed E-state index contributed by atoms with van der Waals surface area (Å²) in [5.74, 6) is 0.208. The molecule has 0 aliphatic carbocycles. The average molecular weight is 343 g/mol. The Morgan fingerprint density at radius 1 is 1.28 bits per heavy atom. The van der Waals surface area contributed by atoms with Crippen LogP contribution in [0.4, 0.5) is 5.69 Å². The number of hydrogen-bond acceptors (Lipinski definition) is 6. The number of hydrogen-bond donors (Lipinski definition) is 2. The van der Waals surface area contributed by atoms with Crippen molar-refractivity contribution in [2.75, 3.05) is 12.4 Å². The van der Waals surface area contributed by atoms with Crippen LogP contribution in [-0.2, 0) is 4.79 Å². The number of nitrogens with one attached hydrogen (secondary N) is 1. The van der Waals surface area contributed by atoms with Crippen molar-refractivity contribution in [3.63, 3.8) is 0 Å². The second kappa shape index (κ2) is 7.41. The van der Waals surface area contributed by atoms with E-state index >= 15 is 0 Å². The number of para-hydroxylation sites is 2. The van der Waals surface area contributed by atoms with Crippen LogP contribution in [0.3, 0.4) is 0 Å². The summed E-state index contributed by atoms with van der Waals surface area (Å²) in [6.45, 7) is 1.43. The Kier molecular flexibility index (Phi) is 5.30. The first-order chi connectivity index (χ1) is 11.6. The number of ether oxygens (including phenoxy) is 1. The number of rotatable bonds is 4. The Morgan fingerprint density at radius 3 is 2.68 bits per heavy atom. The smallest absolute Gasteiger partial charge is 0.351 e. The van der Waals surface area contributed by atoms with Crippen molar-refractivity contribution in [1.29, 1.82) is 0 Å². The van der Waals surface area contributed by atoms with E-state index in [1.165, 1.54) is 35.8 Å². The molecule has 1 amide bonds. The van der Waals surface area contributed by atoms with Crippen molar-refractivity contribution < 1.29 is 24.8 Å². The van der Waals surface area contributed by atoms with Gasteiger partial charge in [0.1, 0.15) is 5.21 Å². The standard InChI is InChI=1S/C16H15N5O3.H2O/c1-11(22)18-13-5-3-4-6-14(13)20-10-16(23)21(19-20)12-7-8-15(24-2)17-9-12;/h3-10H,1-2H3,(H-,18,19,22,23);1H2. The molecule has 130 valence electrons. The van der Waals surface area contributed by atoms with E-state index in [0.29, 0.717) is 22.9 Å². The summed E-state index contributed by atoms with van der Waals surface area (Å²) in [5.41, 5.74) is 1.79. The predicted molar refractivity (Wildman–Crippen MR) is 87.3 cm³/mol. The molecule has 0 spiro atoms. The van der Waals surface area contributed by atoms with Crippen molar-refractivity contribution in [2.45, 2.75) is 6.92 Å². The van der Waals surface area contributed by atoms with Crippen LogP contribution in [0.15, 0.2) is 48.8 Å². The van der Waals surface area contributed by atoms with Crippen molar-refractivity contribution in [3.05, 3.63) is 48.8 Å². The highest BCUT2D eigenvalue weighted by Gasteiger charge is 2.21. The number of aromatic nitrogens is 4. The fourth-order valence-corrected chi connectivity index (χ4v) is 2.22. The summed E-state index contributed by atoms with van der Waals surface area (Å²) >= 11 is 0. The van der Waals surface area contributed by atoms with E-state index in [9.17, 15) is 9.90 Å². The van der Waals surface area contributed by atoms with Gasteiger partial charge in [0.25, 0.3) is 0 Å². The average Bonchev–Trinajstić information content (AvgIpc) is 2.96. The van der Waals surface area contributed by atoms with Crippen molar-refractivity contribution in [2.24, 2.45) is 0 Å². The number of nitrogens with zero attached hydrogens (tertiary/aromatic N) is 4. The van der Waals surface area contributed by atoms with Gasteiger partial charge < -0.3 is 20.6 Å². The van der Waals surface area contributed by atoms with Gasteiger partial charge in [0.05, 0.1) is 19.0 Å². The molecular weight excluding hydrogens is 326 g/mol. The summed E-state index contributed by atoms with van der Waals surface area (Å²) in [4.78, 5) is 15.4. The summed E-state index contributed by atoms with van der Waals surface area (Å²) < 4.78 is 7.82. The number of amides is 1. The molecule has 0 atom stereocenters. The Bertz CT molecular complexity index is 876. The SMILES string of the molecule is COc1ccc(-n2n[n+](-c3ccccc3NC(C)=O)cc2O)cn1.[OH-]. The summed E-state index contributed by atoms with van der Waals surface area (Å²) in [5, 5.41) is 17.2. The van der Waals surface area contributed by atoms with Gasteiger partial charge in [-0.05, 0) is 18.2 Å². The molecular formula is C16H17N5O4. The first-order valence-corrected chi connectivity index (χ1v) is 7.17. The molecule has 2 heterocycles. The predicted octanol–water partition coefficient (Wildman–Crippen LogP) is 1.04. The molecule has 0 radical (unpaired) electrons. The number of benzene rings is 1. The number of anilines is 1. The molecule has 9 nitrogen and oxygen atoms in total. The first-order valence-electron chi connectivity index (χ1n) is 7.17. The minimum absolute atomic E-state index is 0. The molecule has 3 aromatic rings. The van der Waals surface area contributed by atoms with E-state index in [1.807, 2.05) is 6.07 Å². The molecule has 1 aromatic carbocycles. The lowest BCUT2D eigenvalue weighted by Gasteiger charge is -2.04. The van der Waals surface area contributed by atoms with E-state index in [2.05, 4.69) is 15.5 Å². The van der Waals surface area contributed by atoms with Crippen LogP contribution >= 0.6 is 0 Å². The largest absolute Gasteiger partial charge is 0.870 e. The third-order valence-corrected chi connectivity index (χ3v) is 3.28. The highest BCUT2D eigenvalue weighted by atomic mass is 16.5. The molecule has 2 aromatic heterocycles. The molecule has 0 aliphatic heterocycles. The van der Waals surface area contributed by atoms with Crippen LogP contribution in [0.2, 0.25) is 0 Å². The Hall–Kier alpha value is -3.46. The van der Waals surface area contributed by atoms with E-state index in [-0.39, 0.29) is 17.3 Å². The third kappa shape index (κ3) is 3.72. The van der Waals surface area contributed by atoms with Crippen LogP contribution < -0.4 is 14.7 Å². The van der Waals surface area contributed by atoms with Crippen LogP contribution in [-0.4, -0.2) is 38.5 Å². The van der Waals surface area contributed by atoms with Gasteiger partial charge in [-0.25, -0.2) is 4.98 Å². The maximum Gasteiger partial charge on any atom is 0.351 e. The number of methoxy groups -OCH3 is 1. The second-order valence-corrected chi connectivity index (χ2v) is 4.99. The summed E-state index contributed by atoms with van der Waals surface area (Å²) in [6, 6.07) is 10.6. The highest BCUT2D eigenvalue weighted by molar-refractivity contribution is 5.90. The van der Waals surface area contributed by atoms with E-state index in [4.69, 9.17) is 4.74 Å². The fraction of sp³-hybridized carbons (Fsp3) is 0.125. The summed E-state index contributed by atoms with van der Waals surface area (Å²) in [7, 11) is 1.53. The van der Waals surface area contributed by atoms with Gasteiger partial charge in [0.2, 0.25) is 18.0 Å². The van der Waals surface area contributed by atoms with Crippen LogP contribution in [0, 0.1) is 0 Å². The van der Waals surface area contributed by atoms with Gasteiger partial charge in [0.15, 0.2) is 11.4 Å².